The van der Waals surface area contributed by atoms with Gasteiger partial charge in [0.15, 0.2) is 0 Å². The van der Waals surface area contributed by atoms with Crippen molar-refractivity contribution >= 4 is 0 Å². The fourth-order valence-corrected chi connectivity index (χ4v) is 4.21. The summed E-state index contributed by atoms with van der Waals surface area (Å²) in [5.74, 6) is 3.37. The highest BCUT2D eigenvalue weighted by Crippen LogP contribution is 2.39. The van der Waals surface area contributed by atoms with Crippen LogP contribution in [0.3, 0.4) is 0 Å². The molecule has 3 rings (SSSR count). The van der Waals surface area contributed by atoms with Gasteiger partial charge in [-0.05, 0) is 55.1 Å². The van der Waals surface area contributed by atoms with Gasteiger partial charge >= 0.3 is 0 Å². The van der Waals surface area contributed by atoms with Crippen LogP contribution >= 0.6 is 0 Å². The van der Waals surface area contributed by atoms with Crippen molar-refractivity contribution in [1.29, 1.82) is 0 Å². The summed E-state index contributed by atoms with van der Waals surface area (Å²) in [4.78, 5) is 0. The van der Waals surface area contributed by atoms with E-state index in [-0.39, 0.29) is 0 Å². The number of nitrogens with two attached hydrogens (primary N) is 1. The fraction of sp³-hybridized carbons (Fsp3) is 0.684. The third kappa shape index (κ3) is 3.42. The molecule has 1 saturated carbocycles. The predicted octanol–water partition coefficient (Wildman–Crippen LogP) is 4.49. The summed E-state index contributed by atoms with van der Waals surface area (Å²) >= 11 is 0. The maximum atomic E-state index is 6.58. The van der Waals surface area contributed by atoms with E-state index in [1.165, 1.54) is 37.7 Å². The maximum absolute atomic E-state index is 6.58. The summed E-state index contributed by atoms with van der Waals surface area (Å²) in [5.41, 5.74) is 7.96. The van der Waals surface area contributed by atoms with Crippen molar-refractivity contribution in [3.8, 4) is 5.75 Å². The highest BCUT2D eigenvalue weighted by Gasteiger charge is 2.29. The van der Waals surface area contributed by atoms with Crippen molar-refractivity contribution in [3.05, 3.63) is 29.8 Å². The maximum Gasteiger partial charge on any atom is 0.122 e. The minimum Gasteiger partial charge on any atom is -0.493 e. The van der Waals surface area contributed by atoms with E-state index in [0.29, 0.717) is 12.0 Å². The van der Waals surface area contributed by atoms with Crippen LogP contribution in [0, 0.1) is 11.8 Å². The van der Waals surface area contributed by atoms with Gasteiger partial charge in [-0.25, -0.2) is 0 Å². The lowest BCUT2D eigenvalue weighted by Gasteiger charge is -2.34. The molecule has 1 aromatic carbocycles. The first kappa shape index (κ1) is 14.9. The Bertz CT molecular complexity index is 451. The third-order valence-corrected chi connectivity index (χ3v) is 5.71. The lowest BCUT2D eigenvalue weighted by atomic mass is 9.75. The smallest absolute Gasteiger partial charge is 0.122 e. The Balaban J connectivity index is 1.60. The number of para-hydroxylation sites is 1. The number of ether oxygens (including phenoxy) is 1. The van der Waals surface area contributed by atoms with Crippen molar-refractivity contribution in [2.24, 2.45) is 17.6 Å². The highest BCUT2D eigenvalue weighted by atomic mass is 16.5. The van der Waals surface area contributed by atoms with Gasteiger partial charge in [-0.3, -0.25) is 0 Å². The number of rotatable bonds is 4. The fourth-order valence-electron chi connectivity index (χ4n) is 4.21. The van der Waals surface area contributed by atoms with Crippen LogP contribution in [0.15, 0.2) is 24.3 Å². The molecule has 116 valence electrons. The van der Waals surface area contributed by atoms with Crippen LogP contribution in [-0.4, -0.2) is 12.6 Å². The molecular formula is C19H29NO. The van der Waals surface area contributed by atoms with Gasteiger partial charge in [0.1, 0.15) is 5.75 Å². The molecule has 1 aliphatic carbocycles. The van der Waals surface area contributed by atoms with Crippen LogP contribution in [0.4, 0.5) is 0 Å². The van der Waals surface area contributed by atoms with Crippen LogP contribution in [0.1, 0.15) is 63.4 Å². The van der Waals surface area contributed by atoms with Gasteiger partial charge in [-0.15, -0.1) is 0 Å². The molecule has 2 aliphatic rings. The Kier molecular flexibility index (Phi) is 4.84. The van der Waals surface area contributed by atoms with Crippen molar-refractivity contribution in [1.82, 2.24) is 0 Å². The molecule has 0 radical (unpaired) electrons. The SMILES string of the molecule is CCC1CCC(C(N)CC2CCOc3ccccc32)CC1. The minimum atomic E-state index is 0.360. The largest absolute Gasteiger partial charge is 0.493 e. The molecule has 0 spiro atoms. The quantitative estimate of drug-likeness (QED) is 0.885. The summed E-state index contributed by atoms with van der Waals surface area (Å²) in [6, 6.07) is 8.87. The van der Waals surface area contributed by atoms with Gasteiger partial charge in [0.05, 0.1) is 6.61 Å². The molecule has 1 heterocycles. The Morgan fingerprint density at radius 3 is 2.67 bits per heavy atom. The summed E-state index contributed by atoms with van der Waals surface area (Å²) < 4.78 is 5.77. The number of hydrogen-bond acceptors (Lipinski definition) is 2. The molecule has 2 atom stereocenters. The minimum absolute atomic E-state index is 0.360. The van der Waals surface area contributed by atoms with E-state index in [0.717, 1.165) is 37.0 Å². The molecule has 0 saturated heterocycles. The second-order valence-corrected chi connectivity index (χ2v) is 6.96. The molecule has 1 aliphatic heterocycles. The summed E-state index contributed by atoms with van der Waals surface area (Å²) in [6.45, 7) is 3.17. The second-order valence-electron chi connectivity index (χ2n) is 6.96. The van der Waals surface area contributed by atoms with Gasteiger partial charge < -0.3 is 10.5 Å². The summed E-state index contributed by atoms with van der Waals surface area (Å²) in [7, 11) is 0. The first-order chi connectivity index (χ1) is 10.3. The van der Waals surface area contributed by atoms with Crippen LogP contribution in [-0.2, 0) is 0 Å². The summed E-state index contributed by atoms with van der Waals surface area (Å²) in [5, 5.41) is 0. The van der Waals surface area contributed by atoms with Crippen molar-refractivity contribution in [2.75, 3.05) is 6.61 Å². The van der Waals surface area contributed by atoms with Crippen LogP contribution in [0.25, 0.3) is 0 Å². The van der Waals surface area contributed by atoms with Gasteiger partial charge in [0, 0.05) is 6.04 Å². The zero-order valence-corrected chi connectivity index (χ0v) is 13.3. The number of hydrogen-bond donors (Lipinski definition) is 1. The molecule has 2 nitrogen and oxygen atoms in total. The molecule has 2 unspecified atom stereocenters. The normalized spacial score (nSPS) is 30.3. The molecule has 1 aromatic rings. The Hall–Kier alpha value is -1.02. The van der Waals surface area contributed by atoms with Gasteiger partial charge in [0.25, 0.3) is 0 Å². The lowest BCUT2D eigenvalue weighted by molar-refractivity contribution is 0.212. The van der Waals surface area contributed by atoms with E-state index in [1.54, 1.807) is 0 Å². The first-order valence-corrected chi connectivity index (χ1v) is 8.75. The van der Waals surface area contributed by atoms with Gasteiger partial charge in [-0.1, -0.05) is 44.4 Å². The monoisotopic (exact) mass is 287 g/mol. The van der Waals surface area contributed by atoms with Crippen molar-refractivity contribution in [2.45, 2.75) is 63.8 Å². The molecule has 1 fully saturated rings. The first-order valence-electron chi connectivity index (χ1n) is 8.75. The predicted molar refractivity (Wildman–Crippen MR) is 87.6 cm³/mol. The topological polar surface area (TPSA) is 35.2 Å². The Morgan fingerprint density at radius 2 is 1.90 bits per heavy atom. The van der Waals surface area contributed by atoms with Crippen molar-refractivity contribution in [3.63, 3.8) is 0 Å². The van der Waals surface area contributed by atoms with Crippen LogP contribution < -0.4 is 10.5 Å². The van der Waals surface area contributed by atoms with E-state index >= 15 is 0 Å². The van der Waals surface area contributed by atoms with Gasteiger partial charge in [-0.2, -0.15) is 0 Å². The molecule has 2 N–H and O–H groups in total. The highest BCUT2D eigenvalue weighted by molar-refractivity contribution is 5.37. The number of benzene rings is 1. The third-order valence-electron chi connectivity index (χ3n) is 5.71. The van der Waals surface area contributed by atoms with E-state index in [1.807, 2.05) is 0 Å². The van der Waals surface area contributed by atoms with Crippen LogP contribution in [0.2, 0.25) is 0 Å². The molecule has 21 heavy (non-hydrogen) atoms. The average Bonchev–Trinajstić information content (AvgIpc) is 2.55. The zero-order chi connectivity index (χ0) is 14.7. The molecule has 0 aromatic heterocycles. The van der Waals surface area contributed by atoms with E-state index in [4.69, 9.17) is 10.5 Å². The van der Waals surface area contributed by atoms with E-state index in [9.17, 15) is 0 Å². The number of fused-ring (bicyclic) bond motifs is 1. The Morgan fingerprint density at radius 1 is 1.14 bits per heavy atom. The van der Waals surface area contributed by atoms with Crippen molar-refractivity contribution < 1.29 is 4.74 Å². The molecule has 2 heteroatoms. The van der Waals surface area contributed by atoms with Gasteiger partial charge in [0.2, 0.25) is 0 Å². The molecule has 0 bridgehead atoms. The van der Waals surface area contributed by atoms with Crippen LogP contribution in [0.5, 0.6) is 5.75 Å². The molecule has 0 amide bonds. The Labute approximate surface area is 129 Å². The average molecular weight is 287 g/mol. The standard InChI is InChI=1S/C19H29NO/c1-2-14-7-9-15(10-8-14)18(20)13-16-11-12-21-19-6-4-3-5-17(16)19/h3-6,14-16,18H,2,7-13,20H2,1H3. The lowest BCUT2D eigenvalue weighted by Crippen LogP contribution is -2.35. The zero-order valence-electron chi connectivity index (χ0n) is 13.3. The van der Waals surface area contributed by atoms with E-state index < -0.39 is 0 Å². The second kappa shape index (κ2) is 6.83. The summed E-state index contributed by atoms with van der Waals surface area (Å²) in [6.07, 6.45) is 9.04. The van der Waals surface area contributed by atoms with E-state index in [2.05, 4.69) is 31.2 Å². The molecular weight excluding hydrogens is 258 g/mol.